The van der Waals surface area contributed by atoms with Crippen molar-refractivity contribution in [2.75, 3.05) is 13.1 Å². The zero-order valence-corrected chi connectivity index (χ0v) is 12.7. The van der Waals surface area contributed by atoms with Crippen LogP contribution in [0.1, 0.15) is 45.1 Å². The SMILES string of the molecule is CC(C)(C)C(=O)N1CCCC(c2ccccc2Cl)C1. The molecule has 1 aromatic rings. The summed E-state index contributed by atoms with van der Waals surface area (Å²) >= 11 is 6.27. The van der Waals surface area contributed by atoms with E-state index in [1.54, 1.807) is 0 Å². The molecule has 0 bridgehead atoms. The Hall–Kier alpha value is -1.02. The monoisotopic (exact) mass is 279 g/mol. The normalized spacial score (nSPS) is 20.4. The summed E-state index contributed by atoms with van der Waals surface area (Å²) in [5.74, 6) is 0.609. The van der Waals surface area contributed by atoms with E-state index in [9.17, 15) is 4.79 Å². The number of hydrogen-bond acceptors (Lipinski definition) is 1. The number of piperidine rings is 1. The fraction of sp³-hybridized carbons (Fsp3) is 0.562. The summed E-state index contributed by atoms with van der Waals surface area (Å²) in [5, 5.41) is 0.817. The number of likely N-dealkylation sites (tertiary alicyclic amines) is 1. The van der Waals surface area contributed by atoms with E-state index in [1.807, 2.05) is 43.9 Å². The number of carbonyl (C=O) groups excluding carboxylic acids is 1. The van der Waals surface area contributed by atoms with Crippen molar-refractivity contribution in [3.8, 4) is 0 Å². The van der Waals surface area contributed by atoms with Gasteiger partial charge in [-0.05, 0) is 24.5 Å². The Morgan fingerprint density at radius 3 is 2.63 bits per heavy atom. The molecule has 1 unspecified atom stereocenters. The molecular formula is C16H22ClNO. The summed E-state index contributed by atoms with van der Waals surface area (Å²) in [6.45, 7) is 7.61. The Bertz CT molecular complexity index is 464. The number of halogens is 1. The maximum absolute atomic E-state index is 12.4. The zero-order chi connectivity index (χ0) is 14.0. The molecule has 0 radical (unpaired) electrons. The average Bonchev–Trinajstić information content (AvgIpc) is 2.37. The number of nitrogens with zero attached hydrogens (tertiary/aromatic N) is 1. The van der Waals surface area contributed by atoms with E-state index in [0.717, 1.165) is 31.0 Å². The van der Waals surface area contributed by atoms with Gasteiger partial charge in [-0.1, -0.05) is 50.6 Å². The molecule has 19 heavy (non-hydrogen) atoms. The minimum Gasteiger partial charge on any atom is -0.342 e. The van der Waals surface area contributed by atoms with Crippen LogP contribution in [0.2, 0.25) is 5.02 Å². The van der Waals surface area contributed by atoms with E-state index in [1.165, 1.54) is 5.56 Å². The first-order chi connectivity index (χ1) is 8.89. The van der Waals surface area contributed by atoms with Crippen LogP contribution in [0, 0.1) is 5.41 Å². The molecule has 1 aliphatic heterocycles. The predicted octanol–water partition coefficient (Wildman–Crippen LogP) is 4.09. The Balaban J connectivity index is 2.14. The minimum atomic E-state index is -0.303. The number of rotatable bonds is 1. The van der Waals surface area contributed by atoms with Crippen LogP contribution in [0.4, 0.5) is 0 Å². The summed E-state index contributed by atoms with van der Waals surface area (Å²) in [4.78, 5) is 14.4. The molecule has 0 spiro atoms. The van der Waals surface area contributed by atoms with Crippen LogP contribution in [0.3, 0.4) is 0 Å². The second-order valence-electron chi connectivity index (χ2n) is 6.36. The van der Waals surface area contributed by atoms with E-state index in [2.05, 4.69) is 6.07 Å². The van der Waals surface area contributed by atoms with Crippen molar-refractivity contribution < 1.29 is 4.79 Å². The quantitative estimate of drug-likeness (QED) is 0.758. The lowest BCUT2D eigenvalue weighted by Gasteiger charge is -2.36. The van der Waals surface area contributed by atoms with Crippen LogP contribution in [0.15, 0.2) is 24.3 Å². The van der Waals surface area contributed by atoms with Crippen molar-refractivity contribution >= 4 is 17.5 Å². The maximum Gasteiger partial charge on any atom is 0.227 e. The Morgan fingerprint density at radius 2 is 2.00 bits per heavy atom. The molecule has 1 atom stereocenters. The molecule has 0 aromatic heterocycles. The molecular weight excluding hydrogens is 258 g/mol. The van der Waals surface area contributed by atoms with E-state index < -0.39 is 0 Å². The minimum absolute atomic E-state index is 0.240. The van der Waals surface area contributed by atoms with Gasteiger partial charge in [-0.25, -0.2) is 0 Å². The molecule has 1 saturated heterocycles. The molecule has 2 rings (SSSR count). The van der Waals surface area contributed by atoms with Crippen molar-refractivity contribution in [2.45, 2.75) is 39.5 Å². The van der Waals surface area contributed by atoms with Crippen LogP contribution >= 0.6 is 11.6 Å². The van der Waals surface area contributed by atoms with Gasteiger partial charge in [0.15, 0.2) is 0 Å². The van der Waals surface area contributed by atoms with Crippen molar-refractivity contribution in [1.82, 2.24) is 4.90 Å². The third-order valence-electron chi connectivity index (χ3n) is 3.70. The summed E-state index contributed by atoms with van der Waals surface area (Å²) in [6, 6.07) is 7.98. The second kappa shape index (κ2) is 5.54. The summed E-state index contributed by atoms with van der Waals surface area (Å²) in [7, 11) is 0. The summed E-state index contributed by atoms with van der Waals surface area (Å²) in [6.07, 6.45) is 2.16. The summed E-state index contributed by atoms with van der Waals surface area (Å²) < 4.78 is 0. The van der Waals surface area contributed by atoms with Gasteiger partial charge in [0, 0.05) is 29.4 Å². The van der Waals surface area contributed by atoms with Crippen LogP contribution in [-0.4, -0.2) is 23.9 Å². The topological polar surface area (TPSA) is 20.3 Å². The standard InChI is InChI=1S/C16H22ClNO/c1-16(2,3)15(19)18-10-6-7-12(11-18)13-8-4-5-9-14(13)17/h4-5,8-9,12H,6-7,10-11H2,1-3H3. The van der Waals surface area contributed by atoms with Crippen molar-refractivity contribution in [3.63, 3.8) is 0 Å². The molecule has 0 N–H and O–H groups in total. The molecule has 1 aliphatic rings. The van der Waals surface area contributed by atoms with Crippen molar-refractivity contribution in [1.29, 1.82) is 0 Å². The van der Waals surface area contributed by atoms with Gasteiger partial charge in [0.2, 0.25) is 5.91 Å². The van der Waals surface area contributed by atoms with Gasteiger partial charge in [0.1, 0.15) is 0 Å². The highest BCUT2D eigenvalue weighted by molar-refractivity contribution is 6.31. The number of carbonyl (C=O) groups is 1. The molecule has 1 amide bonds. The van der Waals surface area contributed by atoms with Gasteiger partial charge < -0.3 is 4.90 Å². The maximum atomic E-state index is 12.4. The van der Waals surface area contributed by atoms with E-state index in [-0.39, 0.29) is 11.3 Å². The van der Waals surface area contributed by atoms with Crippen LogP contribution < -0.4 is 0 Å². The van der Waals surface area contributed by atoms with Gasteiger partial charge in [-0.15, -0.1) is 0 Å². The highest BCUT2D eigenvalue weighted by atomic mass is 35.5. The fourth-order valence-corrected chi connectivity index (χ4v) is 2.99. The van der Waals surface area contributed by atoms with Gasteiger partial charge >= 0.3 is 0 Å². The van der Waals surface area contributed by atoms with Crippen LogP contribution in [0.5, 0.6) is 0 Å². The molecule has 2 nitrogen and oxygen atoms in total. The van der Waals surface area contributed by atoms with Gasteiger partial charge in [0.05, 0.1) is 0 Å². The number of amides is 1. The van der Waals surface area contributed by atoms with E-state index in [0.29, 0.717) is 5.92 Å². The highest BCUT2D eigenvalue weighted by Crippen LogP contribution is 2.33. The van der Waals surface area contributed by atoms with Crippen molar-refractivity contribution in [3.05, 3.63) is 34.9 Å². The first-order valence-corrected chi connectivity index (χ1v) is 7.31. The Labute approximate surface area is 120 Å². The van der Waals surface area contributed by atoms with Gasteiger partial charge in [-0.2, -0.15) is 0 Å². The smallest absolute Gasteiger partial charge is 0.227 e. The van der Waals surface area contributed by atoms with Crippen LogP contribution in [-0.2, 0) is 4.79 Å². The Kier molecular flexibility index (Phi) is 4.19. The Morgan fingerprint density at radius 1 is 1.32 bits per heavy atom. The molecule has 1 fully saturated rings. The summed E-state index contributed by atoms with van der Waals surface area (Å²) in [5.41, 5.74) is 0.873. The molecule has 1 aromatic carbocycles. The lowest BCUT2D eigenvalue weighted by molar-refractivity contribution is -0.140. The number of hydrogen-bond donors (Lipinski definition) is 0. The lowest BCUT2D eigenvalue weighted by atomic mass is 9.88. The molecule has 3 heteroatoms. The zero-order valence-electron chi connectivity index (χ0n) is 11.9. The third kappa shape index (κ3) is 3.30. The second-order valence-corrected chi connectivity index (χ2v) is 6.77. The van der Waals surface area contributed by atoms with E-state index >= 15 is 0 Å². The largest absolute Gasteiger partial charge is 0.342 e. The molecule has 0 aliphatic carbocycles. The first kappa shape index (κ1) is 14.4. The molecule has 1 heterocycles. The lowest BCUT2D eigenvalue weighted by Crippen LogP contribution is -2.44. The number of benzene rings is 1. The molecule has 0 saturated carbocycles. The van der Waals surface area contributed by atoms with Crippen molar-refractivity contribution in [2.24, 2.45) is 5.41 Å². The van der Waals surface area contributed by atoms with Gasteiger partial charge in [-0.3, -0.25) is 4.79 Å². The molecule has 104 valence electrons. The average molecular weight is 280 g/mol. The van der Waals surface area contributed by atoms with Crippen LogP contribution in [0.25, 0.3) is 0 Å². The third-order valence-corrected chi connectivity index (χ3v) is 4.04. The van der Waals surface area contributed by atoms with Gasteiger partial charge in [0.25, 0.3) is 0 Å². The predicted molar refractivity (Wildman–Crippen MR) is 79.5 cm³/mol. The fourth-order valence-electron chi connectivity index (χ4n) is 2.70. The van der Waals surface area contributed by atoms with E-state index in [4.69, 9.17) is 11.6 Å². The first-order valence-electron chi connectivity index (χ1n) is 6.93. The highest BCUT2D eigenvalue weighted by Gasteiger charge is 2.31.